The zero-order valence-electron chi connectivity index (χ0n) is 13.2. The van der Waals surface area contributed by atoms with Gasteiger partial charge < -0.3 is 15.4 Å². The zero-order chi connectivity index (χ0) is 14.7. The minimum Gasteiger partial charge on any atom is -0.373 e. The number of amides is 1. The van der Waals surface area contributed by atoms with E-state index in [0.717, 1.165) is 32.6 Å². The summed E-state index contributed by atoms with van der Waals surface area (Å²) in [5.41, 5.74) is 0. The van der Waals surface area contributed by atoms with Gasteiger partial charge in [-0.1, -0.05) is 13.8 Å². The predicted molar refractivity (Wildman–Crippen MR) is 79.6 cm³/mol. The van der Waals surface area contributed by atoms with Gasteiger partial charge in [-0.05, 0) is 32.7 Å². The number of rotatable bonds is 4. The van der Waals surface area contributed by atoms with Crippen LogP contribution in [0.3, 0.4) is 0 Å². The van der Waals surface area contributed by atoms with Gasteiger partial charge in [-0.2, -0.15) is 0 Å². The Kier molecular flexibility index (Phi) is 5.41. The van der Waals surface area contributed by atoms with Crippen LogP contribution in [0.5, 0.6) is 0 Å². The SMILES string of the molecule is CC1CN(C(C(=O)NC2CCNC2)C(C)C)CC(C)O1. The van der Waals surface area contributed by atoms with Gasteiger partial charge in [0.15, 0.2) is 0 Å². The van der Waals surface area contributed by atoms with Gasteiger partial charge in [0.25, 0.3) is 0 Å². The quantitative estimate of drug-likeness (QED) is 0.793. The molecule has 20 heavy (non-hydrogen) atoms. The Balaban J connectivity index is 1.99. The van der Waals surface area contributed by atoms with E-state index < -0.39 is 0 Å². The molecule has 2 heterocycles. The molecule has 0 bridgehead atoms. The molecule has 2 aliphatic rings. The van der Waals surface area contributed by atoms with Crippen LogP contribution in [0, 0.1) is 5.92 Å². The van der Waals surface area contributed by atoms with Crippen LogP contribution in [0.25, 0.3) is 0 Å². The first-order valence-electron chi connectivity index (χ1n) is 7.88. The van der Waals surface area contributed by atoms with Crippen LogP contribution in [0.15, 0.2) is 0 Å². The molecule has 2 aliphatic heterocycles. The molecule has 5 nitrogen and oxygen atoms in total. The van der Waals surface area contributed by atoms with Crippen molar-refractivity contribution in [3.05, 3.63) is 0 Å². The number of carbonyl (C=O) groups is 1. The van der Waals surface area contributed by atoms with Crippen molar-refractivity contribution in [2.24, 2.45) is 5.92 Å². The summed E-state index contributed by atoms with van der Waals surface area (Å²) in [6.07, 6.45) is 1.42. The average molecular weight is 283 g/mol. The summed E-state index contributed by atoms with van der Waals surface area (Å²) >= 11 is 0. The number of hydrogen-bond acceptors (Lipinski definition) is 4. The maximum Gasteiger partial charge on any atom is 0.237 e. The topological polar surface area (TPSA) is 53.6 Å². The highest BCUT2D eigenvalue weighted by atomic mass is 16.5. The smallest absolute Gasteiger partial charge is 0.237 e. The van der Waals surface area contributed by atoms with Gasteiger partial charge in [0.2, 0.25) is 5.91 Å². The fourth-order valence-corrected chi connectivity index (χ4v) is 3.40. The number of morpholine rings is 1. The van der Waals surface area contributed by atoms with E-state index in [1.807, 2.05) is 0 Å². The normalized spacial score (nSPS) is 33.4. The second-order valence-corrected chi connectivity index (χ2v) is 6.60. The minimum absolute atomic E-state index is 0.0515. The Morgan fingerprint density at radius 2 is 1.95 bits per heavy atom. The molecule has 0 aromatic heterocycles. The Morgan fingerprint density at radius 3 is 2.45 bits per heavy atom. The minimum atomic E-state index is -0.0515. The largest absolute Gasteiger partial charge is 0.373 e. The van der Waals surface area contributed by atoms with Crippen LogP contribution >= 0.6 is 0 Å². The van der Waals surface area contributed by atoms with E-state index in [9.17, 15) is 4.79 Å². The molecule has 1 amide bonds. The van der Waals surface area contributed by atoms with Crippen LogP contribution < -0.4 is 10.6 Å². The van der Waals surface area contributed by atoms with E-state index in [2.05, 4.69) is 43.2 Å². The van der Waals surface area contributed by atoms with Crippen molar-refractivity contribution in [2.45, 2.75) is 58.4 Å². The lowest BCUT2D eigenvalue weighted by atomic mass is 9.99. The van der Waals surface area contributed by atoms with Crippen molar-refractivity contribution in [1.82, 2.24) is 15.5 Å². The molecule has 2 rings (SSSR count). The number of nitrogens with one attached hydrogen (secondary N) is 2. The monoisotopic (exact) mass is 283 g/mol. The van der Waals surface area contributed by atoms with Crippen molar-refractivity contribution in [1.29, 1.82) is 0 Å². The number of nitrogens with zero attached hydrogens (tertiary/aromatic N) is 1. The number of carbonyl (C=O) groups excluding carboxylic acids is 1. The summed E-state index contributed by atoms with van der Waals surface area (Å²) in [5, 5.41) is 6.49. The third-order valence-corrected chi connectivity index (χ3v) is 4.15. The molecule has 0 radical (unpaired) electrons. The van der Waals surface area contributed by atoms with Crippen molar-refractivity contribution in [3.8, 4) is 0 Å². The molecule has 4 unspecified atom stereocenters. The lowest BCUT2D eigenvalue weighted by Crippen LogP contribution is -2.58. The van der Waals surface area contributed by atoms with Gasteiger partial charge >= 0.3 is 0 Å². The summed E-state index contributed by atoms with van der Waals surface area (Å²) < 4.78 is 5.78. The summed E-state index contributed by atoms with van der Waals surface area (Å²) in [6, 6.07) is 0.240. The highest BCUT2D eigenvalue weighted by Gasteiger charge is 2.35. The van der Waals surface area contributed by atoms with Gasteiger partial charge in [-0.15, -0.1) is 0 Å². The molecule has 5 heteroatoms. The third-order valence-electron chi connectivity index (χ3n) is 4.15. The molecule has 0 spiro atoms. The summed E-state index contributed by atoms with van der Waals surface area (Å²) in [5.74, 6) is 0.483. The molecular weight excluding hydrogens is 254 g/mol. The van der Waals surface area contributed by atoms with Crippen LogP contribution in [0.1, 0.15) is 34.1 Å². The maximum absolute atomic E-state index is 12.6. The van der Waals surface area contributed by atoms with Crippen LogP contribution in [0.4, 0.5) is 0 Å². The summed E-state index contributed by atoms with van der Waals surface area (Å²) in [6.45, 7) is 12.0. The standard InChI is InChI=1S/C15H29N3O2/c1-10(2)14(15(19)17-13-5-6-16-7-13)18-8-11(3)20-12(4)9-18/h10-14,16H,5-9H2,1-4H3,(H,17,19). The maximum atomic E-state index is 12.6. The van der Waals surface area contributed by atoms with Crippen LogP contribution in [-0.2, 0) is 9.53 Å². The first-order chi connectivity index (χ1) is 9.47. The lowest BCUT2D eigenvalue weighted by molar-refractivity contribution is -0.136. The predicted octanol–water partition coefficient (Wildman–Crippen LogP) is 0.598. The average Bonchev–Trinajstić information content (AvgIpc) is 2.79. The molecule has 0 aromatic rings. The van der Waals surface area contributed by atoms with Gasteiger partial charge in [0.05, 0.1) is 18.2 Å². The van der Waals surface area contributed by atoms with Crippen LogP contribution in [0.2, 0.25) is 0 Å². The number of ether oxygens (including phenoxy) is 1. The molecule has 2 fully saturated rings. The fraction of sp³-hybridized carbons (Fsp3) is 0.933. The second-order valence-electron chi connectivity index (χ2n) is 6.60. The Bertz CT molecular complexity index is 319. The first kappa shape index (κ1) is 15.7. The summed E-state index contributed by atoms with van der Waals surface area (Å²) in [7, 11) is 0. The highest BCUT2D eigenvalue weighted by molar-refractivity contribution is 5.82. The van der Waals surface area contributed by atoms with Gasteiger partial charge in [0.1, 0.15) is 0 Å². The zero-order valence-corrected chi connectivity index (χ0v) is 13.2. The molecule has 116 valence electrons. The van der Waals surface area contributed by atoms with E-state index >= 15 is 0 Å². The fourth-order valence-electron chi connectivity index (χ4n) is 3.40. The Morgan fingerprint density at radius 1 is 1.30 bits per heavy atom. The van der Waals surface area contributed by atoms with Crippen molar-refractivity contribution in [2.75, 3.05) is 26.2 Å². The van der Waals surface area contributed by atoms with E-state index in [1.54, 1.807) is 0 Å². The molecule has 2 N–H and O–H groups in total. The van der Waals surface area contributed by atoms with E-state index in [-0.39, 0.29) is 24.2 Å². The lowest BCUT2D eigenvalue weighted by Gasteiger charge is -2.41. The molecular formula is C15H29N3O2. The van der Waals surface area contributed by atoms with Gasteiger partial charge in [0, 0.05) is 25.7 Å². The van der Waals surface area contributed by atoms with E-state index in [0.29, 0.717) is 12.0 Å². The van der Waals surface area contributed by atoms with Crippen molar-refractivity contribution in [3.63, 3.8) is 0 Å². The van der Waals surface area contributed by atoms with Gasteiger partial charge in [-0.25, -0.2) is 0 Å². The number of hydrogen-bond donors (Lipinski definition) is 2. The van der Waals surface area contributed by atoms with Crippen molar-refractivity contribution >= 4 is 5.91 Å². The third kappa shape index (κ3) is 3.93. The first-order valence-corrected chi connectivity index (χ1v) is 7.88. The molecule has 0 saturated carbocycles. The Hall–Kier alpha value is -0.650. The molecule has 0 aromatic carbocycles. The van der Waals surface area contributed by atoms with Crippen LogP contribution in [-0.4, -0.2) is 61.3 Å². The Labute approximate surface area is 122 Å². The summed E-state index contributed by atoms with van der Waals surface area (Å²) in [4.78, 5) is 14.9. The van der Waals surface area contributed by atoms with Gasteiger partial charge in [-0.3, -0.25) is 9.69 Å². The second kappa shape index (κ2) is 6.87. The molecule has 0 aliphatic carbocycles. The van der Waals surface area contributed by atoms with Crippen molar-refractivity contribution < 1.29 is 9.53 Å². The van der Waals surface area contributed by atoms with E-state index in [1.165, 1.54) is 0 Å². The molecule has 2 saturated heterocycles. The highest BCUT2D eigenvalue weighted by Crippen LogP contribution is 2.19. The van der Waals surface area contributed by atoms with E-state index in [4.69, 9.17) is 4.74 Å². The molecule has 4 atom stereocenters.